The molecule has 0 fully saturated rings. The fraction of sp³-hybridized carbons (Fsp3) is 0. The Kier molecular flexibility index (Phi) is 2.31. The van der Waals surface area contributed by atoms with Crippen LogP contribution in [-0.4, -0.2) is 15.5 Å². The van der Waals surface area contributed by atoms with Crippen LogP contribution in [0, 0.1) is 0 Å². The lowest BCUT2D eigenvalue weighted by Crippen LogP contribution is -2.24. The van der Waals surface area contributed by atoms with Crippen molar-refractivity contribution in [2.75, 3.05) is 5.73 Å². The van der Waals surface area contributed by atoms with Gasteiger partial charge in [-0.1, -0.05) is 6.07 Å². The van der Waals surface area contributed by atoms with Gasteiger partial charge in [-0.05, 0) is 29.6 Å². The van der Waals surface area contributed by atoms with Crippen LogP contribution in [0.25, 0.3) is 11.0 Å². The molecule has 0 unspecified atom stereocenters. The molecule has 0 radical (unpaired) electrons. The minimum atomic E-state index is -0.450. The molecule has 2 aromatic heterocycles. The number of carbonyl (C=O) groups is 1. The summed E-state index contributed by atoms with van der Waals surface area (Å²) in [7, 11) is 0. The number of carbonyl (C=O) groups excluding carboxylic acids is 1. The Labute approximate surface area is 105 Å². The first-order chi connectivity index (χ1) is 8.66. The Morgan fingerprint density at radius 2 is 2.17 bits per heavy atom. The molecule has 0 saturated heterocycles. The lowest BCUT2D eigenvalue weighted by atomic mass is 10.3. The summed E-state index contributed by atoms with van der Waals surface area (Å²) in [6, 6.07) is 8.42. The quantitative estimate of drug-likeness (QED) is 0.652. The van der Waals surface area contributed by atoms with Gasteiger partial charge >= 0.3 is 5.69 Å². The topological polar surface area (TPSA) is 80.9 Å². The summed E-state index contributed by atoms with van der Waals surface area (Å²) in [6.45, 7) is 0. The highest BCUT2D eigenvalue weighted by molar-refractivity contribution is 7.12. The second-order valence-corrected chi connectivity index (χ2v) is 4.77. The van der Waals surface area contributed by atoms with Gasteiger partial charge in [0.15, 0.2) is 0 Å². The number of aromatic amines is 1. The molecule has 0 aliphatic rings. The van der Waals surface area contributed by atoms with Crippen LogP contribution in [-0.2, 0) is 0 Å². The molecule has 0 spiro atoms. The number of hydrogen-bond acceptors (Lipinski definition) is 4. The van der Waals surface area contributed by atoms with E-state index in [0.717, 1.165) is 4.57 Å². The van der Waals surface area contributed by atoms with Gasteiger partial charge in [-0.2, -0.15) is 0 Å². The third-order valence-electron chi connectivity index (χ3n) is 2.64. The molecule has 2 heterocycles. The van der Waals surface area contributed by atoms with E-state index in [1.807, 2.05) is 0 Å². The number of nitrogen functional groups attached to an aromatic ring is 1. The van der Waals surface area contributed by atoms with Gasteiger partial charge in [-0.15, -0.1) is 11.3 Å². The van der Waals surface area contributed by atoms with Crippen molar-refractivity contribution in [2.24, 2.45) is 0 Å². The summed E-state index contributed by atoms with van der Waals surface area (Å²) in [6.07, 6.45) is 0. The molecule has 3 N–H and O–H groups in total. The zero-order valence-corrected chi connectivity index (χ0v) is 10.0. The Morgan fingerprint density at radius 3 is 2.89 bits per heavy atom. The number of hydrogen-bond donors (Lipinski definition) is 2. The molecular formula is C12H9N3O2S. The van der Waals surface area contributed by atoms with E-state index >= 15 is 0 Å². The van der Waals surface area contributed by atoms with E-state index < -0.39 is 5.69 Å². The Morgan fingerprint density at radius 1 is 1.33 bits per heavy atom. The maximum Gasteiger partial charge on any atom is 0.333 e. The monoisotopic (exact) mass is 259 g/mol. The Balaban J connectivity index is 2.26. The molecule has 0 bridgehead atoms. The van der Waals surface area contributed by atoms with Gasteiger partial charge in [0, 0.05) is 5.69 Å². The number of benzene rings is 1. The number of H-pyrrole nitrogens is 1. The number of nitrogens with two attached hydrogens (primary N) is 1. The van der Waals surface area contributed by atoms with Crippen LogP contribution in [0.5, 0.6) is 0 Å². The predicted octanol–water partition coefficient (Wildman–Crippen LogP) is 1.66. The third-order valence-corrected chi connectivity index (χ3v) is 3.50. The normalized spacial score (nSPS) is 10.9. The van der Waals surface area contributed by atoms with E-state index in [0.29, 0.717) is 21.6 Å². The van der Waals surface area contributed by atoms with Crippen LogP contribution in [0.3, 0.4) is 0 Å². The largest absolute Gasteiger partial charge is 0.399 e. The first-order valence-electron chi connectivity index (χ1n) is 5.25. The third kappa shape index (κ3) is 1.54. The highest BCUT2D eigenvalue weighted by Gasteiger charge is 2.16. The highest BCUT2D eigenvalue weighted by Crippen LogP contribution is 2.17. The lowest BCUT2D eigenvalue weighted by molar-refractivity contribution is 0.0965. The molecule has 3 rings (SSSR count). The summed E-state index contributed by atoms with van der Waals surface area (Å²) in [5.74, 6) is -0.328. The molecular weight excluding hydrogens is 250 g/mol. The zero-order valence-electron chi connectivity index (χ0n) is 9.21. The van der Waals surface area contributed by atoms with Gasteiger partial charge in [0.2, 0.25) is 0 Å². The van der Waals surface area contributed by atoms with Gasteiger partial charge in [0.1, 0.15) is 0 Å². The number of thiophene rings is 1. The van der Waals surface area contributed by atoms with Crippen molar-refractivity contribution in [1.82, 2.24) is 9.55 Å². The molecule has 1 aromatic carbocycles. The van der Waals surface area contributed by atoms with Crippen LogP contribution in [0.1, 0.15) is 9.67 Å². The average Bonchev–Trinajstić information content (AvgIpc) is 2.94. The van der Waals surface area contributed by atoms with Crippen LogP contribution in [0.15, 0.2) is 40.5 Å². The smallest absolute Gasteiger partial charge is 0.333 e. The fourth-order valence-electron chi connectivity index (χ4n) is 1.84. The minimum absolute atomic E-state index is 0.328. The predicted molar refractivity (Wildman–Crippen MR) is 71.0 cm³/mol. The van der Waals surface area contributed by atoms with E-state index in [2.05, 4.69) is 4.98 Å². The SMILES string of the molecule is Nc1ccc2c(c1)[nH]c(=O)n2C(=O)c1cccs1. The van der Waals surface area contributed by atoms with Crippen LogP contribution in [0.2, 0.25) is 0 Å². The van der Waals surface area contributed by atoms with Crippen molar-refractivity contribution in [3.05, 3.63) is 51.1 Å². The number of rotatable bonds is 1. The van der Waals surface area contributed by atoms with Crippen molar-refractivity contribution in [3.63, 3.8) is 0 Å². The second-order valence-electron chi connectivity index (χ2n) is 3.82. The molecule has 0 amide bonds. The van der Waals surface area contributed by atoms with Crippen molar-refractivity contribution in [3.8, 4) is 0 Å². The summed E-state index contributed by atoms with van der Waals surface area (Å²) in [5.41, 5.74) is 6.83. The first kappa shape index (κ1) is 10.8. The fourth-order valence-corrected chi connectivity index (χ4v) is 2.49. The van der Waals surface area contributed by atoms with Gasteiger partial charge in [0.05, 0.1) is 15.9 Å². The van der Waals surface area contributed by atoms with E-state index in [1.54, 1.807) is 35.7 Å². The van der Waals surface area contributed by atoms with Gasteiger partial charge in [-0.25, -0.2) is 9.36 Å². The van der Waals surface area contributed by atoms with Crippen LogP contribution in [0.4, 0.5) is 5.69 Å². The maximum absolute atomic E-state index is 12.2. The molecule has 0 aliphatic heterocycles. The van der Waals surface area contributed by atoms with Crippen molar-refractivity contribution in [1.29, 1.82) is 0 Å². The van der Waals surface area contributed by atoms with Crippen molar-refractivity contribution >= 4 is 34.0 Å². The maximum atomic E-state index is 12.2. The number of imidazole rings is 1. The summed E-state index contributed by atoms with van der Waals surface area (Å²) in [5, 5.41) is 1.80. The number of fused-ring (bicyclic) bond motifs is 1. The average molecular weight is 259 g/mol. The number of aromatic nitrogens is 2. The molecule has 6 heteroatoms. The van der Waals surface area contributed by atoms with E-state index in [4.69, 9.17) is 5.73 Å². The van der Waals surface area contributed by atoms with Gasteiger partial charge < -0.3 is 10.7 Å². The van der Waals surface area contributed by atoms with E-state index in [1.165, 1.54) is 11.3 Å². The first-order valence-corrected chi connectivity index (χ1v) is 6.13. The standard InChI is InChI=1S/C12H9N3O2S/c13-7-3-4-9-8(6-7)14-12(17)15(9)11(16)10-2-1-5-18-10/h1-6H,13H2,(H,14,17). The Hall–Kier alpha value is -2.34. The number of nitrogens with zero attached hydrogens (tertiary/aromatic N) is 1. The lowest BCUT2D eigenvalue weighted by Gasteiger charge is -1.99. The molecule has 0 saturated carbocycles. The molecule has 90 valence electrons. The van der Waals surface area contributed by atoms with Crippen molar-refractivity contribution in [2.45, 2.75) is 0 Å². The number of nitrogens with one attached hydrogen (secondary N) is 1. The highest BCUT2D eigenvalue weighted by atomic mass is 32.1. The van der Waals surface area contributed by atoms with Crippen LogP contribution < -0.4 is 11.4 Å². The summed E-state index contributed by atoms with van der Waals surface area (Å²) in [4.78, 5) is 27.2. The van der Waals surface area contributed by atoms with Crippen molar-refractivity contribution < 1.29 is 4.79 Å². The second kappa shape index (κ2) is 3.85. The van der Waals surface area contributed by atoms with Gasteiger partial charge in [0.25, 0.3) is 5.91 Å². The molecule has 18 heavy (non-hydrogen) atoms. The molecule has 5 nitrogen and oxygen atoms in total. The van der Waals surface area contributed by atoms with E-state index in [-0.39, 0.29) is 5.91 Å². The van der Waals surface area contributed by atoms with E-state index in [9.17, 15) is 9.59 Å². The number of anilines is 1. The molecule has 3 aromatic rings. The molecule has 0 aliphatic carbocycles. The minimum Gasteiger partial charge on any atom is -0.399 e. The molecule has 0 atom stereocenters. The van der Waals surface area contributed by atoms with Gasteiger partial charge in [-0.3, -0.25) is 4.79 Å². The Bertz CT molecular complexity index is 783. The zero-order chi connectivity index (χ0) is 12.7. The summed E-state index contributed by atoms with van der Waals surface area (Å²) < 4.78 is 1.13. The summed E-state index contributed by atoms with van der Waals surface area (Å²) >= 11 is 1.30. The van der Waals surface area contributed by atoms with Crippen LogP contribution >= 0.6 is 11.3 Å².